The first-order valence-corrected chi connectivity index (χ1v) is 9.41. The summed E-state index contributed by atoms with van der Waals surface area (Å²) in [6.07, 6.45) is 1.30. The fourth-order valence-electron chi connectivity index (χ4n) is 2.69. The molecule has 1 aromatic carbocycles. The zero-order valence-corrected chi connectivity index (χ0v) is 17.3. The van der Waals surface area contributed by atoms with Crippen LogP contribution in [0, 0.1) is 29.4 Å². The zero-order chi connectivity index (χ0) is 21.1. The molecule has 0 fully saturated rings. The lowest BCUT2D eigenvalue weighted by molar-refractivity contribution is 0.464. The van der Waals surface area contributed by atoms with Gasteiger partial charge in [0.05, 0.1) is 17.7 Å². The van der Waals surface area contributed by atoms with Crippen molar-refractivity contribution in [3.05, 3.63) is 40.8 Å². The van der Waals surface area contributed by atoms with Crippen molar-refractivity contribution in [2.75, 3.05) is 32.5 Å². The van der Waals surface area contributed by atoms with Crippen LogP contribution in [0.15, 0.2) is 18.5 Å². The minimum absolute atomic E-state index is 0.0685. The number of benzene rings is 1. The molecule has 3 rings (SSSR count). The molecule has 0 spiro atoms. The number of nitrogens with zero attached hydrogens (tertiary/aromatic N) is 5. The molecule has 0 saturated carbocycles. The second kappa shape index (κ2) is 8.72. The molecule has 0 saturated heterocycles. The number of halogens is 3. The second-order valence-corrected chi connectivity index (χ2v) is 7.59. The van der Waals surface area contributed by atoms with Gasteiger partial charge in [-0.2, -0.15) is 19.6 Å². The molecule has 0 amide bonds. The summed E-state index contributed by atoms with van der Waals surface area (Å²) in [5.74, 6) is 4.90. The van der Waals surface area contributed by atoms with Crippen molar-refractivity contribution >= 4 is 23.2 Å². The van der Waals surface area contributed by atoms with E-state index in [4.69, 9.17) is 11.6 Å². The van der Waals surface area contributed by atoms with Gasteiger partial charge in [0.2, 0.25) is 0 Å². The van der Waals surface area contributed by atoms with Crippen LogP contribution < -0.4 is 5.32 Å². The quantitative estimate of drug-likeness (QED) is 0.505. The molecule has 0 radical (unpaired) electrons. The highest BCUT2D eigenvalue weighted by atomic mass is 35.5. The van der Waals surface area contributed by atoms with Crippen LogP contribution >= 0.6 is 11.6 Å². The topological polar surface area (TPSA) is 58.3 Å². The molecular formula is C20H21ClF2N6. The maximum Gasteiger partial charge on any atom is 0.255 e. The van der Waals surface area contributed by atoms with Gasteiger partial charge in [0.25, 0.3) is 5.78 Å². The first-order chi connectivity index (χ1) is 13.8. The summed E-state index contributed by atoms with van der Waals surface area (Å²) in [6, 6.07) is 2.38. The lowest BCUT2D eigenvalue weighted by atomic mass is 10.0. The van der Waals surface area contributed by atoms with Gasteiger partial charge in [-0.3, -0.25) is 4.90 Å². The van der Waals surface area contributed by atoms with Crippen LogP contribution in [0.5, 0.6) is 0 Å². The molecule has 0 unspecified atom stereocenters. The van der Waals surface area contributed by atoms with Gasteiger partial charge < -0.3 is 5.32 Å². The number of aromatic nitrogens is 4. The third kappa shape index (κ3) is 4.63. The number of hydrogen-bond donors (Lipinski definition) is 1. The molecule has 2 heterocycles. The Morgan fingerprint density at radius 3 is 2.52 bits per heavy atom. The van der Waals surface area contributed by atoms with Crippen LogP contribution in [0.25, 0.3) is 16.9 Å². The maximum absolute atomic E-state index is 15.0. The van der Waals surface area contributed by atoms with Crippen molar-refractivity contribution in [3.8, 4) is 23.0 Å². The lowest BCUT2D eigenvalue weighted by Crippen LogP contribution is -2.14. The van der Waals surface area contributed by atoms with Gasteiger partial charge in [0.1, 0.15) is 28.9 Å². The van der Waals surface area contributed by atoms with Crippen LogP contribution in [0.2, 0.25) is 5.15 Å². The van der Waals surface area contributed by atoms with Crippen molar-refractivity contribution in [2.45, 2.75) is 13.8 Å². The summed E-state index contributed by atoms with van der Waals surface area (Å²) in [5.41, 5.74) is 0.0469. The Kier molecular flexibility index (Phi) is 6.30. The van der Waals surface area contributed by atoms with Crippen molar-refractivity contribution in [2.24, 2.45) is 5.92 Å². The monoisotopic (exact) mass is 418 g/mol. The van der Waals surface area contributed by atoms with E-state index < -0.39 is 11.6 Å². The van der Waals surface area contributed by atoms with Gasteiger partial charge in [0.15, 0.2) is 0 Å². The van der Waals surface area contributed by atoms with Crippen LogP contribution in [-0.2, 0) is 0 Å². The van der Waals surface area contributed by atoms with Crippen molar-refractivity contribution in [1.82, 2.24) is 24.5 Å². The standard InChI is InChI=1S/C20H21ClF2N6/c1-12(2)10-24-19-17(18(21)27-20-25-11-26-29(19)20)16-14(22)8-13(9-15(16)23)6-5-7-28(3)4/h8-9,11-12,24H,7,10H2,1-4H3. The van der Waals surface area contributed by atoms with Gasteiger partial charge in [-0.05, 0) is 32.1 Å². The molecule has 9 heteroatoms. The summed E-state index contributed by atoms with van der Waals surface area (Å²) in [4.78, 5) is 10.00. The van der Waals surface area contributed by atoms with Gasteiger partial charge >= 0.3 is 0 Å². The van der Waals surface area contributed by atoms with Crippen molar-refractivity contribution in [3.63, 3.8) is 0 Å². The molecule has 0 atom stereocenters. The molecule has 3 aromatic rings. The summed E-state index contributed by atoms with van der Waals surface area (Å²) in [6.45, 7) is 5.04. The lowest BCUT2D eigenvalue weighted by Gasteiger charge is -2.17. The fourth-order valence-corrected chi connectivity index (χ4v) is 2.95. The minimum atomic E-state index is -0.782. The highest BCUT2D eigenvalue weighted by molar-refractivity contribution is 6.33. The van der Waals surface area contributed by atoms with E-state index >= 15 is 0 Å². The highest BCUT2D eigenvalue weighted by Crippen LogP contribution is 2.37. The number of nitrogens with one attached hydrogen (secondary N) is 1. The number of hydrogen-bond acceptors (Lipinski definition) is 5. The Balaban J connectivity index is 2.15. The predicted octanol–water partition coefficient (Wildman–Crippen LogP) is 3.70. The van der Waals surface area contributed by atoms with Crippen LogP contribution in [-0.4, -0.2) is 51.7 Å². The first kappa shape index (κ1) is 21.0. The van der Waals surface area contributed by atoms with Crippen LogP contribution in [0.1, 0.15) is 19.4 Å². The molecule has 152 valence electrons. The third-order valence-corrected chi connectivity index (χ3v) is 4.25. The van der Waals surface area contributed by atoms with E-state index in [1.54, 1.807) is 0 Å². The Hall–Kier alpha value is -2.76. The molecule has 2 aromatic heterocycles. The Bertz CT molecular complexity index is 1070. The molecule has 0 aliphatic rings. The number of fused-ring (bicyclic) bond motifs is 1. The van der Waals surface area contributed by atoms with Crippen LogP contribution in [0.3, 0.4) is 0 Å². The molecular weight excluding hydrogens is 398 g/mol. The van der Waals surface area contributed by atoms with E-state index in [0.29, 0.717) is 18.9 Å². The molecule has 1 N–H and O–H groups in total. The predicted molar refractivity (Wildman–Crippen MR) is 110 cm³/mol. The number of rotatable bonds is 5. The van der Waals surface area contributed by atoms with E-state index in [-0.39, 0.29) is 33.5 Å². The summed E-state index contributed by atoms with van der Waals surface area (Å²) in [5, 5.41) is 7.21. The summed E-state index contributed by atoms with van der Waals surface area (Å²) >= 11 is 6.32. The van der Waals surface area contributed by atoms with E-state index in [1.807, 2.05) is 32.8 Å². The van der Waals surface area contributed by atoms with Gasteiger partial charge in [0, 0.05) is 12.1 Å². The molecule has 0 aliphatic heterocycles. The fraction of sp³-hybridized carbons (Fsp3) is 0.350. The number of anilines is 1. The summed E-state index contributed by atoms with van der Waals surface area (Å²) in [7, 11) is 3.72. The van der Waals surface area contributed by atoms with E-state index in [2.05, 4.69) is 32.2 Å². The van der Waals surface area contributed by atoms with E-state index in [1.165, 1.54) is 23.0 Å². The largest absolute Gasteiger partial charge is 0.369 e. The molecule has 29 heavy (non-hydrogen) atoms. The second-order valence-electron chi connectivity index (χ2n) is 7.23. The SMILES string of the molecule is CC(C)CNc1c(-c2c(F)cc(C#CCN(C)C)cc2F)c(Cl)nc2ncnn12. The van der Waals surface area contributed by atoms with Crippen LogP contribution in [0.4, 0.5) is 14.6 Å². The molecule has 6 nitrogen and oxygen atoms in total. The average Bonchev–Trinajstić information content (AvgIpc) is 3.08. The highest BCUT2D eigenvalue weighted by Gasteiger charge is 2.24. The van der Waals surface area contributed by atoms with E-state index in [0.717, 1.165) is 0 Å². The minimum Gasteiger partial charge on any atom is -0.369 e. The summed E-state index contributed by atoms with van der Waals surface area (Å²) < 4.78 is 31.4. The third-order valence-electron chi connectivity index (χ3n) is 3.98. The Labute approximate surface area is 172 Å². The smallest absolute Gasteiger partial charge is 0.255 e. The normalized spacial score (nSPS) is 11.2. The van der Waals surface area contributed by atoms with Gasteiger partial charge in [-0.25, -0.2) is 8.78 Å². The average molecular weight is 419 g/mol. The van der Waals surface area contributed by atoms with Crippen molar-refractivity contribution in [1.29, 1.82) is 0 Å². The van der Waals surface area contributed by atoms with E-state index in [9.17, 15) is 8.78 Å². The molecule has 0 bridgehead atoms. The van der Waals surface area contributed by atoms with Gasteiger partial charge in [-0.1, -0.05) is 37.3 Å². The zero-order valence-electron chi connectivity index (χ0n) is 16.6. The van der Waals surface area contributed by atoms with Gasteiger partial charge in [-0.15, -0.1) is 0 Å². The van der Waals surface area contributed by atoms with Crippen molar-refractivity contribution < 1.29 is 8.78 Å². The first-order valence-electron chi connectivity index (χ1n) is 9.04. The maximum atomic E-state index is 15.0. The Morgan fingerprint density at radius 2 is 1.90 bits per heavy atom. The Morgan fingerprint density at radius 1 is 1.21 bits per heavy atom. The molecule has 0 aliphatic carbocycles.